The summed E-state index contributed by atoms with van der Waals surface area (Å²) >= 11 is 1.33. The SMILES string of the molecule is O=C1CCCc2nc(-c3cccs3)cc(C(F)(F)F)c2N1. The van der Waals surface area contributed by atoms with Gasteiger partial charge in [-0.1, -0.05) is 6.07 Å². The maximum atomic E-state index is 13.3. The van der Waals surface area contributed by atoms with Crippen LogP contribution in [0.5, 0.6) is 0 Å². The van der Waals surface area contributed by atoms with Gasteiger partial charge in [0, 0.05) is 6.42 Å². The van der Waals surface area contributed by atoms with Crippen molar-refractivity contribution in [1.29, 1.82) is 0 Å². The molecular weight excluding hydrogens is 301 g/mol. The van der Waals surface area contributed by atoms with E-state index in [1.165, 1.54) is 11.3 Å². The van der Waals surface area contributed by atoms with E-state index in [1.807, 2.05) is 0 Å². The molecule has 1 aliphatic rings. The predicted molar refractivity (Wildman–Crippen MR) is 74.1 cm³/mol. The van der Waals surface area contributed by atoms with Crippen LogP contribution in [0.25, 0.3) is 10.6 Å². The van der Waals surface area contributed by atoms with Gasteiger partial charge < -0.3 is 5.32 Å². The van der Waals surface area contributed by atoms with Gasteiger partial charge >= 0.3 is 6.18 Å². The number of pyridine rings is 1. The fourth-order valence-electron chi connectivity index (χ4n) is 2.31. The molecule has 21 heavy (non-hydrogen) atoms. The van der Waals surface area contributed by atoms with E-state index in [1.54, 1.807) is 17.5 Å². The summed E-state index contributed by atoms with van der Waals surface area (Å²) in [6.07, 6.45) is -3.47. The molecule has 7 heteroatoms. The lowest BCUT2D eigenvalue weighted by atomic mass is 10.1. The standard InChI is InChI=1S/C14H11F3N2OS/c15-14(16,17)8-7-10(11-4-2-6-21-11)18-9-3-1-5-12(20)19-13(8)9/h2,4,6-7H,1,3,5H2,(H,19,20). The molecule has 1 amide bonds. The molecule has 0 radical (unpaired) electrons. The van der Waals surface area contributed by atoms with Gasteiger partial charge in [0.15, 0.2) is 0 Å². The van der Waals surface area contributed by atoms with Crippen LogP contribution in [0.4, 0.5) is 18.9 Å². The average Bonchev–Trinajstić information content (AvgIpc) is 2.86. The molecule has 0 saturated heterocycles. The number of hydrogen-bond acceptors (Lipinski definition) is 3. The van der Waals surface area contributed by atoms with Crippen LogP contribution in [0, 0.1) is 0 Å². The number of amides is 1. The molecule has 0 aliphatic carbocycles. The summed E-state index contributed by atoms with van der Waals surface area (Å²) in [5.74, 6) is -0.398. The molecule has 2 aromatic rings. The molecule has 0 bridgehead atoms. The second-order valence-corrected chi connectivity index (χ2v) is 5.70. The zero-order valence-electron chi connectivity index (χ0n) is 10.8. The first-order valence-electron chi connectivity index (χ1n) is 6.40. The van der Waals surface area contributed by atoms with Crippen molar-refractivity contribution in [3.8, 4) is 10.6 Å². The third-order valence-electron chi connectivity index (χ3n) is 3.26. The number of halogens is 3. The Kier molecular flexibility index (Phi) is 3.44. The molecule has 1 N–H and O–H groups in total. The Labute approximate surface area is 122 Å². The van der Waals surface area contributed by atoms with E-state index < -0.39 is 17.6 Å². The van der Waals surface area contributed by atoms with Gasteiger partial charge in [-0.15, -0.1) is 11.3 Å². The molecular formula is C14H11F3N2OS. The molecule has 0 fully saturated rings. The van der Waals surface area contributed by atoms with Crippen LogP contribution in [-0.2, 0) is 17.4 Å². The largest absolute Gasteiger partial charge is 0.418 e. The Hall–Kier alpha value is -1.89. The number of fused-ring (bicyclic) bond motifs is 1. The minimum Gasteiger partial charge on any atom is -0.324 e. The fourth-order valence-corrected chi connectivity index (χ4v) is 3.00. The van der Waals surface area contributed by atoms with Crippen LogP contribution in [0.2, 0.25) is 0 Å². The smallest absolute Gasteiger partial charge is 0.324 e. The van der Waals surface area contributed by atoms with Gasteiger partial charge in [-0.3, -0.25) is 4.79 Å². The Morgan fingerprint density at radius 3 is 2.76 bits per heavy atom. The topological polar surface area (TPSA) is 42.0 Å². The summed E-state index contributed by atoms with van der Waals surface area (Å²) in [5, 5.41) is 4.14. The first-order valence-corrected chi connectivity index (χ1v) is 7.28. The van der Waals surface area contributed by atoms with Crippen molar-refractivity contribution in [1.82, 2.24) is 4.98 Å². The number of carbonyl (C=O) groups excluding carboxylic acids is 1. The highest BCUT2D eigenvalue weighted by Gasteiger charge is 2.37. The highest BCUT2D eigenvalue weighted by molar-refractivity contribution is 7.13. The number of alkyl halides is 3. The van der Waals surface area contributed by atoms with Crippen molar-refractivity contribution >= 4 is 22.9 Å². The summed E-state index contributed by atoms with van der Waals surface area (Å²) < 4.78 is 39.8. The Balaban J connectivity index is 2.20. The molecule has 110 valence electrons. The van der Waals surface area contributed by atoms with E-state index in [9.17, 15) is 18.0 Å². The number of aryl methyl sites for hydroxylation is 1. The van der Waals surface area contributed by atoms with Gasteiger partial charge in [-0.2, -0.15) is 13.2 Å². The normalized spacial score (nSPS) is 15.3. The summed E-state index contributed by atoms with van der Waals surface area (Å²) in [7, 11) is 0. The molecule has 0 spiro atoms. The van der Waals surface area contributed by atoms with Crippen molar-refractivity contribution in [2.75, 3.05) is 5.32 Å². The molecule has 3 rings (SSSR count). The van der Waals surface area contributed by atoms with Crippen LogP contribution in [0.15, 0.2) is 23.6 Å². The summed E-state index contributed by atoms with van der Waals surface area (Å²) in [6, 6.07) is 4.51. The van der Waals surface area contributed by atoms with Crippen molar-refractivity contribution in [3.05, 3.63) is 34.8 Å². The van der Waals surface area contributed by atoms with Crippen molar-refractivity contribution in [2.45, 2.75) is 25.4 Å². The van der Waals surface area contributed by atoms with E-state index in [0.29, 0.717) is 29.1 Å². The third kappa shape index (κ3) is 2.78. The van der Waals surface area contributed by atoms with E-state index in [4.69, 9.17) is 0 Å². The summed E-state index contributed by atoms with van der Waals surface area (Å²) in [5.41, 5.74) is -0.414. The number of anilines is 1. The molecule has 0 aromatic carbocycles. The van der Waals surface area contributed by atoms with Gasteiger partial charge in [-0.25, -0.2) is 4.98 Å². The van der Waals surface area contributed by atoms with Gasteiger partial charge in [0.25, 0.3) is 0 Å². The van der Waals surface area contributed by atoms with E-state index >= 15 is 0 Å². The van der Waals surface area contributed by atoms with Gasteiger partial charge in [0.2, 0.25) is 5.91 Å². The maximum absolute atomic E-state index is 13.3. The quantitative estimate of drug-likeness (QED) is 0.861. The number of hydrogen-bond donors (Lipinski definition) is 1. The van der Waals surface area contributed by atoms with Crippen LogP contribution in [0.1, 0.15) is 24.1 Å². The number of thiophene rings is 1. The van der Waals surface area contributed by atoms with Crippen LogP contribution >= 0.6 is 11.3 Å². The lowest BCUT2D eigenvalue weighted by molar-refractivity contribution is -0.137. The van der Waals surface area contributed by atoms with E-state index in [2.05, 4.69) is 10.3 Å². The second-order valence-electron chi connectivity index (χ2n) is 4.75. The molecule has 0 atom stereocenters. The minimum absolute atomic E-state index is 0.190. The van der Waals surface area contributed by atoms with Gasteiger partial charge in [0.1, 0.15) is 0 Å². The van der Waals surface area contributed by atoms with Gasteiger partial charge in [-0.05, 0) is 30.4 Å². The van der Waals surface area contributed by atoms with Crippen LogP contribution in [-0.4, -0.2) is 10.9 Å². The maximum Gasteiger partial charge on any atom is 0.418 e. The molecule has 1 aliphatic heterocycles. The average molecular weight is 312 g/mol. The van der Waals surface area contributed by atoms with Crippen LogP contribution < -0.4 is 5.32 Å². The van der Waals surface area contributed by atoms with Crippen molar-refractivity contribution in [2.24, 2.45) is 0 Å². The van der Waals surface area contributed by atoms with Gasteiger partial charge in [0.05, 0.1) is 27.5 Å². The number of nitrogens with zero attached hydrogens (tertiary/aromatic N) is 1. The number of carbonyl (C=O) groups is 1. The van der Waals surface area contributed by atoms with Crippen molar-refractivity contribution in [3.63, 3.8) is 0 Å². The Morgan fingerprint density at radius 2 is 2.10 bits per heavy atom. The zero-order valence-corrected chi connectivity index (χ0v) is 11.6. The number of rotatable bonds is 1. The molecule has 3 heterocycles. The third-order valence-corrected chi connectivity index (χ3v) is 4.15. The molecule has 0 unspecified atom stereocenters. The lowest BCUT2D eigenvalue weighted by Gasteiger charge is -2.16. The first-order chi connectivity index (χ1) is 9.95. The fraction of sp³-hybridized carbons (Fsp3) is 0.286. The van der Waals surface area contributed by atoms with Crippen LogP contribution in [0.3, 0.4) is 0 Å². The monoisotopic (exact) mass is 312 g/mol. The highest BCUT2D eigenvalue weighted by Crippen LogP contribution is 2.40. The second kappa shape index (κ2) is 5.14. The first kappa shape index (κ1) is 14.1. The van der Waals surface area contributed by atoms with E-state index in [-0.39, 0.29) is 12.1 Å². The Bertz CT molecular complexity index is 680. The summed E-state index contributed by atoms with van der Waals surface area (Å²) in [6.45, 7) is 0. The molecule has 2 aromatic heterocycles. The molecule has 3 nitrogen and oxygen atoms in total. The number of nitrogens with one attached hydrogen (secondary N) is 1. The summed E-state index contributed by atoms with van der Waals surface area (Å²) in [4.78, 5) is 16.5. The highest BCUT2D eigenvalue weighted by atomic mass is 32.1. The lowest BCUT2D eigenvalue weighted by Crippen LogP contribution is -2.16. The minimum atomic E-state index is -4.53. The van der Waals surface area contributed by atoms with Crippen molar-refractivity contribution < 1.29 is 18.0 Å². The molecule has 0 saturated carbocycles. The predicted octanol–water partition coefficient (Wildman–Crippen LogP) is 4.10. The number of aromatic nitrogens is 1. The Morgan fingerprint density at radius 1 is 1.29 bits per heavy atom. The van der Waals surface area contributed by atoms with E-state index in [0.717, 1.165) is 6.07 Å². The zero-order chi connectivity index (χ0) is 15.0.